The van der Waals surface area contributed by atoms with E-state index in [0.29, 0.717) is 0 Å². The molecule has 0 aliphatic carbocycles. The van der Waals surface area contributed by atoms with Crippen LogP contribution in [0.25, 0.3) is 0 Å². The molecule has 25 heavy (non-hydrogen) atoms. The first-order chi connectivity index (χ1) is 11.7. The summed E-state index contributed by atoms with van der Waals surface area (Å²) in [6, 6.07) is 11.0. The van der Waals surface area contributed by atoms with E-state index in [2.05, 4.69) is 15.9 Å². The van der Waals surface area contributed by atoms with E-state index < -0.39 is 23.9 Å². The summed E-state index contributed by atoms with van der Waals surface area (Å²) < 4.78 is 45.2. The van der Waals surface area contributed by atoms with Gasteiger partial charge in [0.05, 0.1) is 17.3 Å². The van der Waals surface area contributed by atoms with Crippen LogP contribution in [0.3, 0.4) is 0 Å². The summed E-state index contributed by atoms with van der Waals surface area (Å²) in [6.45, 7) is 3.37. The van der Waals surface area contributed by atoms with Gasteiger partial charge < -0.3 is 4.74 Å². The van der Waals surface area contributed by atoms with Crippen LogP contribution in [0.2, 0.25) is 0 Å². The van der Waals surface area contributed by atoms with Gasteiger partial charge in [-0.1, -0.05) is 46.3 Å². The number of carbonyl (C=O) groups is 1. The molecular weight excluding hydrogens is 399 g/mol. The van der Waals surface area contributed by atoms with Crippen molar-refractivity contribution in [1.29, 1.82) is 0 Å². The summed E-state index contributed by atoms with van der Waals surface area (Å²) in [7, 11) is 0. The van der Waals surface area contributed by atoms with E-state index in [1.807, 2.05) is 30.3 Å². The Balaban J connectivity index is 2.15. The number of hydrogen-bond donors (Lipinski definition) is 0. The number of alkyl halides is 3. The monoisotopic (exact) mass is 413 g/mol. The maximum atomic E-state index is 13.3. The van der Waals surface area contributed by atoms with E-state index in [1.54, 1.807) is 13.8 Å². The van der Waals surface area contributed by atoms with E-state index in [9.17, 15) is 18.0 Å². The second-order valence-electron chi connectivity index (χ2n) is 5.85. The topological polar surface area (TPSA) is 29.5 Å². The Morgan fingerprint density at radius 1 is 1.20 bits per heavy atom. The highest BCUT2D eigenvalue weighted by molar-refractivity contribution is 9.10. The van der Waals surface area contributed by atoms with Gasteiger partial charge in [0.2, 0.25) is 0 Å². The Bertz CT molecular complexity index is 808. The van der Waals surface area contributed by atoms with Crippen LogP contribution < -0.4 is 9.64 Å². The average Bonchev–Trinajstić information content (AvgIpc) is 2.55. The molecule has 0 fully saturated rings. The largest absolute Gasteiger partial charge is 0.479 e. The van der Waals surface area contributed by atoms with Crippen molar-refractivity contribution in [3.63, 3.8) is 0 Å². The van der Waals surface area contributed by atoms with Gasteiger partial charge in [0.15, 0.2) is 6.10 Å². The van der Waals surface area contributed by atoms with Crippen molar-refractivity contribution in [1.82, 2.24) is 0 Å². The average molecular weight is 414 g/mol. The third-order valence-corrected chi connectivity index (χ3v) is 4.83. The van der Waals surface area contributed by atoms with Gasteiger partial charge >= 0.3 is 6.18 Å². The van der Waals surface area contributed by atoms with Crippen molar-refractivity contribution < 1.29 is 22.7 Å². The molecule has 0 N–H and O–H groups in total. The smallest absolute Gasteiger partial charge is 0.417 e. The number of carbonyl (C=O) groups excluding carboxylic acids is 1. The number of amides is 1. The molecule has 0 radical (unpaired) electrons. The van der Waals surface area contributed by atoms with Crippen molar-refractivity contribution in [2.45, 2.75) is 32.2 Å². The maximum Gasteiger partial charge on any atom is 0.417 e. The third-order valence-electron chi connectivity index (χ3n) is 4.17. The van der Waals surface area contributed by atoms with Gasteiger partial charge in [0.25, 0.3) is 5.91 Å². The number of rotatable bonds is 2. The van der Waals surface area contributed by atoms with Crippen LogP contribution >= 0.6 is 15.9 Å². The quantitative estimate of drug-likeness (QED) is 0.664. The van der Waals surface area contributed by atoms with Gasteiger partial charge in [0, 0.05) is 4.47 Å². The Hall–Kier alpha value is -2.02. The number of anilines is 1. The molecule has 3 rings (SSSR count). The highest BCUT2D eigenvalue weighted by atomic mass is 79.9. The molecular formula is C18H15BrF3NO2. The Labute approximate surface area is 151 Å². The van der Waals surface area contributed by atoms with Crippen LogP contribution in [0, 0.1) is 0 Å². The molecule has 0 saturated heterocycles. The van der Waals surface area contributed by atoms with Gasteiger partial charge in [0.1, 0.15) is 5.75 Å². The number of fused-ring (bicyclic) bond motifs is 1. The Kier molecular flexibility index (Phi) is 4.53. The fourth-order valence-electron chi connectivity index (χ4n) is 2.88. The number of nitrogens with zero attached hydrogens (tertiary/aromatic N) is 1. The molecule has 0 aromatic heterocycles. The van der Waals surface area contributed by atoms with Gasteiger partial charge in [-0.05, 0) is 31.5 Å². The minimum Gasteiger partial charge on any atom is -0.479 e. The van der Waals surface area contributed by atoms with Crippen LogP contribution in [0.15, 0.2) is 46.9 Å². The lowest BCUT2D eigenvalue weighted by molar-refractivity contribution is -0.138. The summed E-state index contributed by atoms with van der Waals surface area (Å²) in [5.41, 5.74) is 0.102. The van der Waals surface area contributed by atoms with Crippen molar-refractivity contribution in [2.75, 3.05) is 4.90 Å². The number of halogens is 4. The van der Waals surface area contributed by atoms with Crippen LogP contribution in [-0.2, 0) is 11.0 Å². The predicted molar refractivity (Wildman–Crippen MR) is 91.6 cm³/mol. The van der Waals surface area contributed by atoms with Crippen molar-refractivity contribution in [2.24, 2.45) is 0 Å². The molecule has 3 nitrogen and oxygen atoms in total. The van der Waals surface area contributed by atoms with E-state index in [-0.39, 0.29) is 21.8 Å². The fourth-order valence-corrected chi connectivity index (χ4v) is 3.43. The van der Waals surface area contributed by atoms with Crippen LogP contribution in [-0.4, -0.2) is 12.0 Å². The molecule has 7 heteroatoms. The first-order valence-electron chi connectivity index (χ1n) is 7.65. The normalized spacial score (nSPS) is 18.6. The van der Waals surface area contributed by atoms with Crippen molar-refractivity contribution in [3.8, 4) is 5.75 Å². The lowest BCUT2D eigenvalue weighted by atomic mass is 10.0. The molecule has 2 atom stereocenters. The highest BCUT2D eigenvalue weighted by Crippen LogP contribution is 2.45. The molecule has 0 spiro atoms. The standard InChI is InChI=1S/C18H15BrF3NO2/c1-10(12-6-4-3-5-7-12)23-15-8-13(18(20,21)22)14(19)9-16(15)25-11(2)17(23)24/h3-11H,1-2H3/t10-,11+/m0/s1. The van der Waals surface area contributed by atoms with E-state index >= 15 is 0 Å². The lowest BCUT2D eigenvalue weighted by Crippen LogP contribution is -2.45. The van der Waals surface area contributed by atoms with Crippen LogP contribution in [0.4, 0.5) is 18.9 Å². The summed E-state index contributed by atoms with van der Waals surface area (Å²) in [6.07, 6.45) is -5.32. The first-order valence-corrected chi connectivity index (χ1v) is 8.45. The molecule has 1 amide bonds. The predicted octanol–water partition coefficient (Wildman–Crippen LogP) is 5.34. The molecule has 132 valence electrons. The molecule has 1 aliphatic rings. The van der Waals surface area contributed by atoms with Crippen LogP contribution in [0.1, 0.15) is 31.0 Å². The van der Waals surface area contributed by atoms with Crippen molar-refractivity contribution in [3.05, 3.63) is 58.1 Å². The van der Waals surface area contributed by atoms with E-state index in [0.717, 1.165) is 11.6 Å². The SMILES string of the molecule is C[C@H]1Oc2cc(Br)c(C(F)(F)F)cc2N([C@@H](C)c2ccccc2)C1=O. The van der Waals surface area contributed by atoms with Gasteiger partial charge in [-0.2, -0.15) is 13.2 Å². The van der Waals surface area contributed by atoms with Gasteiger partial charge in [-0.15, -0.1) is 0 Å². The Morgan fingerprint density at radius 2 is 1.84 bits per heavy atom. The molecule has 0 unspecified atom stereocenters. The maximum absolute atomic E-state index is 13.3. The third kappa shape index (κ3) is 3.25. The highest BCUT2D eigenvalue weighted by Gasteiger charge is 2.40. The molecule has 0 bridgehead atoms. The summed E-state index contributed by atoms with van der Waals surface area (Å²) >= 11 is 2.94. The molecule has 2 aromatic rings. The molecule has 1 aliphatic heterocycles. The van der Waals surface area contributed by atoms with Gasteiger partial charge in [-0.3, -0.25) is 9.69 Å². The second kappa shape index (κ2) is 6.37. The summed E-state index contributed by atoms with van der Waals surface area (Å²) in [5.74, 6) is -0.131. The van der Waals surface area contributed by atoms with E-state index in [1.165, 1.54) is 11.0 Å². The lowest BCUT2D eigenvalue weighted by Gasteiger charge is -2.37. The minimum absolute atomic E-state index is 0.118. The zero-order chi connectivity index (χ0) is 18.4. The number of ether oxygens (including phenoxy) is 1. The number of hydrogen-bond acceptors (Lipinski definition) is 2. The Morgan fingerprint density at radius 3 is 2.44 bits per heavy atom. The summed E-state index contributed by atoms with van der Waals surface area (Å²) in [4.78, 5) is 14.0. The number of benzene rings is 2. The van der Waals surface area contributed by atoms with E-state index in [4.69, 9.17) is 4.74 Å². The summed E-state index contributed by atoms with van der Waals surface area (Å²) in [5, 5.41) is 0. The minimum atomic E-state index is -4.54. The second-order valence-corrected chi connectivity index (χ2v) is 6.71. The zero-order valence-electron chi connectivity index (χ0n) is 13.5. The fraction of sp³-hybridized carbons (Fsp3) is 0.278. The van der Waals surface area contributed by atoms with Crippen molar-refractivity contribution >= 4 is 27.5 Å². The molecule has 0 saturated carbocycles. The zero-order valence-corrected chi connectivity index (χ0v) is 15.1. The van der Waals surface area contributed by atoms with Gasteiger partial charge in [-0.25, -0.2) is 0 Å². The van der Waals surface area contributed by atoms with Crippen LogP contribution in [0.5, 0.6) is 5.75 Å². The first kappa shape index (κ1) is 17.8. The molecule has 2 aromatic carbocycles. The molecule has 1 heterocycles.